The van der Waals surface area contributed by atoms with E-state index >= 15 is 0 Å². The van der Waals surface area contributed by atoms with Crippen molar-refractivity contribution in [2.75, 3.05) is 0 Å². The molecule has 134 valence electrons. The number of carbonyl (C=O) groups excluding carboxylic acids is 1. The van der Waals surface area contributed by atoms with E-state index in [1.165, 1.54) is 11.0 Å². The number of nitrogens with zero attached hydrogens (tertiary/aromatic N) is 3. The van der Waals surface area contributed by atoms with Crippen LogP contribution in [-0.4, -0.2) is 25.4 Å². The molecule has 3 N–H and O–H groups in total. The summed E-state index contributed by atoms with van der Waals surface area (Å²) < 4.78 is 1.42. The summed E-state index contributed by atoms with van der Waals surface area (Å²) in [5.74, 6) is 0.0709. The Labute approximate surface area is 154 Å². The van der Waals surface area contributed by atoms with Gasteiger partial charge in [-0.05, 0) is 37.1 Å². The van der Waals surface area contributed by atoms with Crippen molar-refractivity contribution in [3.8, 4) is 5.69 Å². The van der Waals surface area contributed by atoms with Gasteiger partial charge in [-0.2, -0.15) is 0 Å². The molecule has 7 nitrogen and oxygen atoms in total. The molecule has 1 aliphatic rings. The van der Waals surface area contributed by atoms with Gasteiger partial charge in [-0.3, -0.25) is 4.79 Å². The first-order valence-electron chi connectivity index (χ1n) is 8.63. The number of carbonyl (C=O) groups is 1. The molecule has 0 radical (unpaired) electrons. The van der Waals surface area contributed by atoms with E-state index in [2.05, 4.69) is 15.0 Å². The third kappa shape index (κ3) is 2.88. The van der Waals surface area contributed by atoms with E-state index in [9.17, 15) is 9.59 Å². The fourth-order valence-corrected chi connectivity index (χ4v) is 3.68. The number of nitrogens with two attached hydrogens (primary N) is 1. The van der Waals surface area contributed by atoms with Crippen LogP contribution in [0.2, 0.25) is 5.02 Å². The van der Waals surface area contributed by atoms with E-state index in [0.717, 1.165) is 25.7 Å². The molecule has 0 atom stereocenters. The number of fused-ring (bicyclic) bond motifs is 1. The first kappa shape index (κ1) is 16.8. The van der Waals surface area contributed by atoms with Gasteiger partial charge in [0.2, 0.25) is 0 Å². The molecule has 1 saturated carbocycles. The second-order valence-electron chi connectivity index (χ2n) is 6.57. The molecule has 1 aliphatic carbocycles. The molecule has 4 rings (SSSR count). The first-order valence-corrected chi connectivity index (χ1v) is 9.01. The number of aromatic nitrogens is 4. The molecule has 0 unspecified atom stereocenters. The molecule has 0 saturated heterocycles. The Morgan fingerprint density at radius 1 is 1.15 bits per heavy atom. The van der Waals surface area contributed by atoms with Crippen molar-refractivity contribution in [3.63, 3.8) is 0 Å². The molecule has 26 heavy (non-hydrogen) atoms. The largest absolute Gasteiger partial charge is 0.364 e. The van der Waals surface area contributed by atoms with E-state index < -0.39 is 11.6 Å². The molecule has 0 aliphatic heterocycles. The van der Waals surface area contributed by atoms with Crippen molar-refractivity contribution in [3.05, 3.63) is 51.3 Å². The zero-order valence-electron chi connectivity index (χ0n) is 14.0. The number of imidazole rings is 1. The SMILES string of the molecule is NC(=O)c1nc(C2CCCCC2)nc2c1[nH]c(=O)n2-c1ccc(Cl)cc1. The quantitative estimate of drug-likeness (QED) is 0.738. The summed E-state index contributed by atoms with van der Waals surface area (Å²) in [5.41, 5.74) is 6.40. The molecular weight excluding hydrogens is 354 g/mol. The predicted molar refractivity (Wildman–Crippen MR) is 98.8 cm³/mol. The van der Waals surface area contributed by atoms with Crippen molar-refractivity contribution in [1.29, 1.82) is 0 Å². The number of benzene rings is 1. The van der Waals surface area contributed by atoms with E-state index in [1.807, 2.05) is 0 Å². The van der Waals surface area contributed by atoms with Crippen molar-refractivity contribution >= 4 is 28.7 Å². The van der Waals surface area contributed by atoms with Crippen molar-refractivity contribution in [1.82, 2.24) is 19.5 Å². The number of amides is 1. The number of hydrogen-bond acceptors (Lipinski definition) is 4. The maximum atomic E-state index is 12.5. The molecule has 0 bridgehead atoms. The van der Waals surface area contributed by atoms with E-state index in [1.54, 1.807) is 24.3 Å². The smallest absolute Gasteiger partial charge is 0.332 e. The van der Waals surface area contributed by atoms with Crippen molar-refractivity contribution in [2.24, 2.45) is 5.73 Å². The van der Waals surface area contributed by atoms with Crippen LogP contribution in [0.3, 0.4) is 0 Å². The lowest BCUT2D eigenvalue weighted by atomic mass is 9.88. The highest BCUT2D eigenvalue weighted by Gasteiger charge is 2.24. The number of H-pyrrole nitrogens is 1. The Morgan fingerprint density at radius 2 is 1.85 bits per heavy atom. The van der Waals surface area contributed by atoms with Crippen LogP contribution in [0.1, 0.15) is 54.3 Å². The molecular formula is C18H18ClN5O2. The predicted octanol–water partition coefficient (Wildman–Crippen LogP) is 2.91. The normalized spacial score (nSPS) is 15.4. The minimum atomic E-state index is -0.682. The van der Waals surface area contributed by atoms with Crippen LogP contribution >= 0.6 is 11.6 Å². The monoisotopic (exact) mass is 371 g/mol. The van der Waals surface area contributed by atoms with Gasteiger partial charge in [0.25, 0.3) is 5.91 Å². The van der Waals surface area contributed by atoms with Crippen LogP contribution in [0.15, 0.2) is 29.1 Å². The minimum absolute atomic E-state index is 0.0559. The summed E-state index contributed by atoms with van der Waals surface area (Å²) >= 11 is 5.94. The fourth-order valence-electron chi connectivity index (χ4n) is 3.55. The molecule has 2 aromatic heterocycles. The van der Waals surface area contributed by atoms with Gasteiger partial charge in [0.15, 0.2) is 11.3 Å². The lowest BCUT2D eigenvalue weighted by Crippen LogP contribution is -2.18. The summed E-state index contributed by atoms with van der Waals surface area (Å²) in [5, 5.41) is 0.567. The Hall–Kier alpha value is -2.67. The highest BCUT2D eigenvalue weighted by Crippen LogP contribution is 2.31. The van der Waals surface area contributed by atoms with Gasteiger partial charge < -0.3 is 10.7 Å². The summed E-state index contributed by atoms with van der Waals surface area (Å²) in [6.07, 6.45) is 5.35. The average Bonchev–Trinajstić information content (AvgIpc) is 2.98. The second kappa shape index (κ2) is 6.57. The van der Waals surface area contributed by atoms with Crippen molar-refractivity contribution < 1.29 is 4.79 Å². The maximum Gasteiger partial charge on any atom is 0.332 e. The lowest BCUT2D eigenvalue weighted by molar-refractivity contribution is 0.0996. The number of primary amides is 1. The van der Waals surface area contributed by atoms with Crippen LogP contribution in [-0.2, 0) is 0 Å². The summed E-state index contributed by atoms with van der Waals surface area (Å²) in [6.45, 7) is 0. The first-order chi connectivity index (χ1) is 12.5. The van der Waals surface area contributed by atoms with Gasteiger partial charge in [0, 0.05) is 10.9 Å². The lowest BCUT2D eigenvalue weighted by Gasteiger charge is -2.20. The van der Waals surface area contributed by atoms with Crippen LogP contribution in [0.4, 0.5) is 0 Å². The van der Waals surface area contributed by atoms with Crippen LogP contribution < -0.4 is 11.4 Å². The van der Waals surface area contributed by atoms with Crippen LogP contribution in [0.25, 0.3) is 16.9 Å². The third-order valence-corrected chi connectivity index (χ3v) is 5.09. The molecule has 0 spiro atoms. The Balaban J connectivity index is 1.96. The number of nitrogens with one attached hydrogen (secondary N) is 1. The van der Waals surface area contributed by atoms with Gasteiger partial charge >= 0.3 is 5.69 Å². The van der Waals surface area contributed by atoms with E-state index in [0.29, 0.717) is 22.2 Å². The van der Waals surface area contributed by atoms with Gasteiger partial charge in [0.05, 0.1) is 5.69 Å². The van der Waals surface area contributed by atoms with E-state index in [4.69, 9.17) is 17.3 Å². The molecule has 2 heterocycles. The van der Waals surface area contributed by atoms with Crippen molar-refractivity contribution in [2.45, 2.75) is 38.0 Å². The zero-order chi connectivity index (χ0) is 18.3. The van der Waals surface area contributed by atoms with Gasteiger partial charge in [-0.15, -0.1) is 0 Å². The van der Waals surface area contributed by atoms with Gasteiger partial charge in [-0.1, -0.05) is 30.9 Å². The molecule has 1 amide bonds. The highest BCUT2D eigenvalue weighted by atomic mass is 35.5. The second-order valence-corrected chi connectivity index (χ2v) is 7.01. The zero-order valence-corrected chi connectivity index (χ0v) is 14.8. The molecule has 3 aromatic rings. The molecule has 8 heteroatoms. The minimum Gasteiger partial charge on any atom is -0.364 e. The molecule has 1 fully saturated rings. The topological polar surface area (TPSA) is 107 Å². The number of aromatic amines is 1. The fraction of sp³-hybridized carbons (Fsp3) is 0.333. The summed E-state index contributed by atoms with van der Waals surface area (Å²) in [4.78, 5) is 36.2. The van der Waals surface area contributed by atoms with Crippen LogP contribution in [0.5, 0.6) is 0 Å². The van der Waals surface area contributed by atoms with Gasteiger partial charge in [-0.25, -0.2) is 19.3 Å². The highest BCUT2D eigenvalue weighted by molar-refractivity contribution is 6.30. The average molecular weight is 372 g/mol. The number of rotatable bonds is 3. The third-order valence-electron chi connectivity index (χ3n) is 4.84. The number of halogens is 1. The molecule has 1 aromatic carbocycles. The Kier molecular flexibility index (Phi) is 4.24. The maximum absolute atomic E-state index is 12.5. The van der Waals surface area contributed by atoms with Crippen LogP contribution in [0, 0.1) is 0 Å². The Morgan fingerprint density at radius 3 is 2.50 bits per heavy atom. The summed E-state index contributed by atoms with van der Waals surface area (Å²) in [7, 11) is 0. The Bertz CT molecular complexity index is 1030. The standard InChI is InChI=1S/C18H18ClN5O2/c19-11-6-8-12(9-7-11)24-17-14(22-18(24)26)13(15(20)25)21-16(23-17)10-4-2-1-3-5-10/h6-10H,1-5H2,(H2,20,25)(H,22,26). The van der Waals surface area contributed by atoms with E-state index in [-0.39, 0.29) is 17.1 Å². The summed E-state index contributed by atoms with van der Waals surface area (Å²) in [6, 6.07) is 6.84. The van der Waals surface area contributed by atoms with Gasteiger partial charge in [0.1, 0.15) is 11.3 Å². The number of hydrogen-bond donors (Lipinski definition) is 2.